The zero-order valence-electron chi connectivity index (χ0n) is 23.6. The maximum atomic E-state index is 11.7. The predicted molar refractivity (Wildman–Crippen MR) is 159 cm³/mol. The van der Waals surface area contributed by atoms with E-state index in [-0.39, 0.29) is 12.0 Å². The molecule has 210 valence electrons. The molecule has 0 saturated carbocycles. The summed E-state index contributed by atoms with van der Waals surface area (Å²) in [4.78, 5) is 16.5. The van der Waals surface area contributed by atoms with E-state index in [0.29, 0.717) is 18.1 Å². The van der Waals surface area contributed by atoms with Gasteiger partial charge in [0.2, 0.25) is 11.7 Å². The van der Waals surface area contributed by atoms with E-state index in [9.17, 15) is 4.79 Å². The number of nitrogens with one attached hydrogen (secondary N) is 1. The number of hydrogen-bond acceptors (Lipinski definition) is 8. The fraction of sp³-hybridized carbons (Fsp3) is 0.300. The van der Waals surface area contributed by atoms with Crippen LogP contribution in [-0.4, -0.2) is 42.7 Å². The summed E-state index contributed by atoms with van der Waals surface area (Å²) >= 11 is 1.60. The summed E-state index contributed by atoms with van der Waals surface area (Å²) in [6, 6.07) is 14.1. The first-order chi connectivity index (χ1) is 19.5. The smallest absolute Gasteiger partial charge is 0.226 e. The average Bonchev–Trinajstić information content (AvgIpc) is 3.72. The predicted octanol–water partition coefficient (Wildman–Crippen LogP) is 5.93. The molecule has 2 aromatic carbocycles. The largest absolute Gasteiger partial charge is 0.492 e. The molecular weight excluding hydrogens is 538 g/mol. The Morgan fingerprint density at radius 2 is 1.95 bits per heavy atom. The molecule has 0 atom stereocenters. The van der Waals surface area contributed by atoms with Crippen molar-refractivity contribution < 1.29 is 13.9 Å². The second kappa shape index (κ2) is 9.84. The average molecular weight is 570 g/mol. The van der Waals surface area contributed by atoms with Gasteiger partial charge >= 0.3 is 0 Å². The van der Waals surface area contributed by atoms with E-state index in [0.717, 1.165) is 49.5 Å². The van der Waals surface area contributed by atoms with E-state index in [1.807, 2.05) is 30.5 Å². The second-order valence-corrected chi connectivity index (χ2v) is 12.8. The minimum absolute atomic E-state index is 0.0131. The highest BCUT2D eigenvalue weighted by atomic mass is 32.1. The van der Waals surface area contributed by atoms with Crippen molar-refractivity contribution in [3.63, 3.8) is 0 Å². The number of thiazole rings is 1. The third-order valence-corrected chi connectivity index (χ3v) is 7.98. The van der Waals surface area contributed by atoms with Crippen LogP contribution in [0.5, 0.6) is 5.75 Å². The molecule has 0 aliphatic heterocycles. The summed E-state index contributed by atoms with van der Waals surface area (Å²) in [5.74, 6) is 1.46. The number of ether oxygens (including phenoxy) is 1. The molecule has 3 N–H and O–H groups in total. The Morgan fingerprint density at radius 1 is 1.12 bits per heavy atom. The number of carbonyl (C=O) groups excluding carboxylic acids is 1. The van der Waals surface area contributed by atoms with Crippen LogP contribution in [-0.2, 0) is 16.8 Å². The third kappa shape index (κ3) is 5.20. The van der Waals surface area contributed by atoms with Gasteiger partial charge in [0.25, 0.3) is 0 Å². The monoisotopic (exact) mass is 569 g/mol. The topological polar surface area (TPSA) is 138 Å². The lowest BCUT2D eigenvalue weighted by atomic mass is 9.93. The molecule has 0 saturated heterocycles. The van der Waals surface area contributed by atoms with Crippen LogP contribution in [0.4, 0.5) is 0 Å². The Morgan fingerprint density at radius 3 is 2.66 bits per heavy atom. The van der Waals surface area contributed by atoms with Crippen molar-refractivity contribution in [2.24, 2.45) is 11.1 Å². The maximum Gasteiger partial charge on any atom is 0.226 e. The van der Waals surface area contributed by atoms with Gasteiger partial charge in [0, 0.05) is 45.4 Å². The van der Waals surface area contributed by atoms with Crippen molar-refractivity contribution in [2.45, 2.75) is 46.6 Å². The molecule has 0 bridgehead atoms. The highest BCUT2D eigenvalue weighted by Crippen LogP contribution is 2.35. The van der Waals surface area contributed by atoms with Gasteiger partial charge in [-0.3, -0.25) is 4.79 Å². The van der Waals surface area contributed by atoms with Gasteiger partial charge in [-0.2, -0.15) is 5.21 Å². The summed E-state index contributed by atoms with van der Waals surface area (Å²) in [6.45, 7) is 10.8. The van der Waals surface area contributed by atoms with Gasteiger partial charge in [-0.25, -0.2) is 4.98 Å². The Kier molecular flexibility index (Phi) is 6.41. The summed E-state index contributed by atoms with van der Waals surface area (Å²) < 4.78 is 14.3. The Labute approximate surface area is 240 Å². The van der Waals surface area contributed by atoms with Crippen molar-refractivity contribution >= 4 is 39.1 Å². The number of furan rings is 1. The Bertz CT molecular complexity index is 1870. The first-order valence-electron chi connectivity index (χ1n) is 13.3. The van der Waals surface area contributed by atoms with Crippen LogP contribution < -0.4 is 10.5 Å². The quantitative estimate of drug-likeness (QED) is 0.232. The van der Waals surface area contributed by atoms with Gasteiger partial charge in [0.15, 0.2) is 10.8 Å². The van der Waals surface area contributed by atoms with Gasteiger partial charge in [-0.05, 0) is 61.0 Å². The minimum Gasteiger partial charge on any atom is -0.492 e. The first kappa shape index (κ1) is 26.7. The number of fused-ring (bicyclic) bond motifs is 2. The molecule has 6 aromatic rings. The number of H-pyrrole nitrogens is 1. The van der Waals surface area contributed by atoms with Crippen molar-refractivity contribution in [3.8, 4) is 27.9 Å². The Hall–Kier alpha value is -4.51. The lowest BCUT2D eigenvalue weighted by molar-refractivity contribution is -0.127. The normalized spacial score (nSPS) is 12.4. The molecule has 0 aliphatic rings. The Balaban J connectivity index is 1.32. The summed E-state index contributed by atoms with van der Waals surface area (Å²) in [7, 11) is 0. The molecule has 10 nitrogen and oxygen atoms in total. The van der Waals surface area contributed by atoms with E-state index in [4.69, 9.17) is 19.9 Å². The number of amides is 1. The fourth-order valence-electron chi connectivity index (χ4n) is 4.51. The van der Waals surface area contributed by atoms with Crippen LogP contribution in [0.2, 0.25) is 0 Å². The number of carbonyl (C=O) groups is 1. The number of nitrogens with two attached hydrogens (primary N) is 1. The van der Waals surface area contributed by atoms with Gasteiger partial charge in [-0.15, -0.1) is 21.5 Å². The number of hydrogen-bond donors (Lipinski definition) is 2. The van der Waals surface area contributed by atoms with E-state index >= 15 is 0 Å². The standard InChI is InChI=1S/C30H31N7O3S/c1-29(2,3)25-15-41-27(32-25)24-11-18-10-17(6-9-23(18)40-24)13-37-14-21(26-33-35-36-34-26)20-12-19(7-8-22(20)37)39-16-30(4,5)28(31)38/h6-12,14-15H,13,16H2,1-5H3,(H2,31,38)(H,33,34,35,36). The summed E-state index contributed by atoms with van der Waals surface area (Å²) in [5.41, 5.74) is 9.50. The van der Waals surface area contributed by atoms with E-state index in [1.165, 1.54) is 0 Å². The first-order valence-corrected chi connectivity index (χ1v) is 14.1. The molecule has 1 amide bonds. The zero-order valence-corrected chi connectivity index (χ0v) is 24.4. The molecule has 0 spiro atoms. The SMILES string of the molecule is CC(C)(COc1ccc2c(c1)c(-c1nn[nH]n1)cn2Cc1ccc2oc(-c3nc(C(C)(C)C)cs3)cc2c1)C(N)=O. The number of nitrogens with zero attached hydrogens (tertiary/aromatic N) is 5. The van der Waals surface area contributed by atoms with Gasteiger partial charge in [0.1, 0.15) is 17.9 Å². The fourth-order valence-corrected chi connectivity index (χ4v) is 5.51. The number of aromatic amines is 1. The van der Waals surface area contributed by atoms with Crippen LogP contribution >= 0.6 is 11.3 Å². The maximum absolute atomic E-state index is 11.7. The van der Waals surface area contributed by atoms with Crippen LogP contribution in [0, 0.1) is 5.41 Å². The van der Waals surface area contributed by atoms with Gasteiger partial charge < -0.3 is 19.5 Å². The minimum atomic E-state index is -0.794. The molecule has 0 fully saturated rings. The lowest BCUT2D eigenvalue weighted by Gasteiger charge is -2.20. The van der Waals surface area contributed by atoms with Crippen molar-refractivity contribution in [2.75, 3.05) is 6.61 Å². The van der Waals surface area contributed by atoms with Crippen molar-refractivity contribution in [3.05, 3.63) is 65.3 Å². The molecule has 4 heterocycles. The molecular formula is C30H31N7O3S. The van der Waals surface area contributed by atoms with Crippen molar-refractivity contribution in [1.82, 2.24) is 30.2 Å². The molecule has 11 heteroatoms. The molecule has 0 aliphatic carbocycles. The van der Waals surface area contributed by atoms with Crippen LogP contribution in [0.3, 0.4) is 0 Å². The molecule has 41 heavy (non-hydrogen) atoms. The highest BCUT2D eigenvalue weighted by molar-refractivity contribution is 7.13. The van der Waals surface area contributed by atoms with Crippen LogP contribution in [0.1, 0.15) is 45.9 Å². The zero-order chi connectivity index (χ0) is 28.9. The van der Waals surface area contributed by atoms with E-state index < -0.39 is 11.3 Å². The number of tetrazole rings is 1. The van der Waals surface area contributed by atoms with Crippen LogP contribution in [0.15, 0.2) is 58.5 Å². The highest BCUT2D eigenvalue weighted by Gasteiger charge is 2.26. The molecule has 6 rings (SSSR count). The molecule has 0 radical (unpaired) electrons. The molecule has 4 aromatic heterocycles. The summed E-state index contributed by atoms with van der Waals surface area (Å²) in [6.07, 6.45) is 2.02. The third-order valence-electron chi connectivity index (χ3n) is 7.12. The van der Waals surface area contributed by atoms with Crippen molar-refractivity contribution in [1.29, 1.82) is 0 Å². The molecule has 0 unspecified atom stereocenters. The van der Waals surface area contributed by atoms with E-state index in [2.05, 4.69) is 69.5 Å². The summed E-state index contributed by atoms with van der Waals surface area (Å²) in [5, 5.41) is 19.6. The lowest BCUT2D eigenvalue weighted by Crippen LogP contribution is -2.36. The number of primary amides is 1. The van der Waals surface area contributed by atoms with Gasteiger partial charge in [0.05, 0.1) is 11.1 Å². The second-order valence-electron chi connectivity index (χ2n) is 11.9. The van der Waals surface area contributed by atoms with E-state index in [1.54, 1.807) is 25.2 Å². The van der Waals surface area contributed by atoms with Crippen LogP contribution in [0.25, 0.3) is 44.0 Å². The van der Waals surface area contributed by atoms with Gasteiger partial charge in [-0.1, -0.05) is 26.8 Å². The number of aromatic nitrogens is 6. The number of benzene rings is 2. The number of rotatable bonds is 8.